The summed E-state index contributed by atoms with van der Waals surface area (Å²) in [6.45, 7) is 7.42. The zero-order valence-electron chi connectivity index (χ0n) is 13.9. The molecule has 1 aromatic carbocycles. The Bertz CT molecular complexity index is 514. The average Bonchev–Trinajstić information content (AvgIpc) is 2.98. The molecule has 2 N–H and O–H groups in total. The van der Waals surface area contributed by atoms with Crippen LogP contribution in [0.15, 0.2) is 24.3 Å². The van der Waals surface area contributed by atoms with Crippen molar-refractivity contribution in [1.29, 1.82) is 0 Å². The summed E-state index contributed by atoms with van der Waals surface area (Å²) in [5, 5.41) is 14.2. The third-order valence-corrected chi connectivity index (χ3v) is 5.47. The number of hydrogen-bond donors (Lipinski definition) is 2. The van der Waals surface area contributed by atoms with Gasteiger partial charge in [-0.25, -0.2) is 0 Å². The number of rotatable bonds is 5. The van der Waals surface area contributed by atoms with E-state index >= 15 is 0 Å². The summed E-state index contributed by atoms with van der Waals surface area (Å²) < 4.78 is 11.0. The van der Waals surface area contributed by atoms with Crippen LogP contribution in [0.3, 0.4) is 0 Å². The minimum Gasteiger partial charge on any atom is -0.497 e. The Kier molecular flexibility index (Phi) is 4.19. The second kappa shape index (κ2) is 5.84. The maximum Gasteiger partial charge on any atom is 0.118 e. The lowest BCUT2D eigenvalue weighted by Crippen LogP contribution is -2.67. The normalized spacial score (nSPS) is 32.0. The highest BCUT2D eigenvalue weighted by Crippen LogP contribution is 2.52. The molecule has 5 unspecified atom stereocenters. The molecule has 1 saturated carbocycles. The van der Waals surface area contributed by atoms with Crippen LogP contribution in [0.5, 0.6) is 5.75 Å². The van der Waals surface area contributed by atoms with Crippen molar-refractivity contribution in [1.82, 2.24) is 5.32 Å². The van der Waals surface area contributed by atoms with Crippen molar-refractivity contribution in [2.24, 2.45) is 11.3 Å². The molecule has 3 rings (SSSR count). The van der Waals surface area contributed by atoms with Gasteiger partial charge in [-0.1, -0.05) is 26.0 Å². The number of benzene rings is 1. The van der Waals surface area contributed by atoms with Gasteiger partial charge < -0.3 is 19.9 Å². The van der Waals surface area contributed by atoms with Gasteiger partial charge in [-0.05, 0) is 31.0 Å². The molecular formula is C18H27NO3. The lowest BCUT2D eigenvalue weighted by molar-refractivity contribution is -0.118. The summed E-state index contributed by atoms with van der Waals surface area (Å²) in [7, 11) is 1.65. The van der Waals surface area contributed by atoms with Crippen molar-refractivity contribution in [3.05, 3.63) is 29.8 Å². The molecule has 1 saturated heterocycles. The van der Waals surface area contributed by atoms with Crippen LogP contribution in [0.2, 0.25) is 0 Å². The molecule has 1 aliphatic carbocycles. The maximum absolute atomic E-state index is 10.6. The van der Waals surface area contributed by atoms with Crippen LogP contribution < -0.4 is 10.1 Å². The van der Waals surface area contributed by atoms with Gasteiger partial charge in [-0.15, -0.1) is 0 Å². The zero-order valence-corrected chi connectivity index (χ0v) is 13.9. The first-order valence-corrected chi connectivity index (χ1v) is 8.15. The molecule has 122 valence electrons. The molecule has 0 aromatic heterocycles. The molecule has 0 bridgehead atoms. The number of ether oxygens (including phenoxy) is 2. The predicted octanol–water partition coefficient (Wildman–Crippen LogP) is 2.52. The Balaban J connectivity index is 1.64. The minimum absolute atomic E-state index is 0.000722. The lowest BCUT2D eigenvalue weighted by Gasteiger charge is -2.56. The Morgan fingerprint density at radius 2 is 2.00 bits per heavy atom. The van der Waals surface area contributed by atoms with Crippen molar-refractivity contribution in [3.63, 3.8) is 0 Å². The van der Waals surface area contributed by atoms with E-state index in [9.17, 15) is 5.11 Å². The number of fused-ring (bicyclic) bond motifs is 1. The van der Waals surface area contributed by atoms with E-state index in [0.29, 0.717) is 18.1 Å². The van der Waals surface area contributed by atoms with Crippen molar-refractivity contribution >= 4 is 0 Å². The van der Waals surface area contributed by atoms with Crippen LogP contribution in [-0.2, 0) is 4.74 Å². The van der Waals surface area contributed by atoms with Gasteiger partial charge in [0.2, 0.25) is 0 Å². The molecule has 1 aliphatic heterocycles. The Morgan fingerprint density at radius 1 is 1.32 bits per heavy atom. The fraction of sp³-hybridized carbons (Fsp3) is 0.667. The van der Waals surface area contributed by atoms with E-state index in [4.69, 9.17) is 9.47 Å². The monoisotopic (exact) mass is 305 g/mol. The molecule has 0 radical (unpaired) electrons. The van der Waals surface area contributed by atoms with Crippen molar-refractivity contribution in [3.8, 4) is 5.75 Å². The second-order valence-electron chi connectivity index (χ2n) is 7.22. The van der Waals surface area contributed by atoms with Crippen LogP contribution in [0.25, 0.3) is 0 Å². The standard InChI is InChI=1S/C18H27NO3/c1-11(15(20)12-5-7-13(21-4)8-6-12)19-16-14-9-10-22-17(14)18(16,2)3/h5-8,11,14-17,19-20H,9-10H2,1-4H3. The van der Waals surface area contributed by atoms with Crippen molar-refractivity contribution < 1.29 is 14.6 Å². The van der Waals surface area contributed by atoms with Gasteiger partial charge in [0, 0.05) is 30.0 Å². The molecule has 4 nitrogen and oxygen atoms in total. The molecule has 5 atom stereocenters. The van der Waals surface area contributed by atoms with E-state index in [-0.39, 0.29) is 11.5 Å². The fourth-order valence-corrected chi connectivity index (χ4v) is 4.13. The van der Waals surface area contributed by atoms with Gasteiger partial charge in [0.25, 0.3) is 0 Å². The Morgan fingerprint density at radius 3 is 2.64 bits per heavy atom. The van der Waals surface area contributed by atoms with Gasteiger partial charge in [-0.3, -0.25) is 0 Å². The highest BCUT2D eigenvalue weighted by atomic mass is 16.5. The lowest BCUT2D eigenvalue weighted by atomic mass is 9.57. The first-order chi connectivity index (χ1) is 10.4. The molecule has 2 aliphatic rings. The van der Waals surface area contributed by atoms with Gasteiger partial charge in [0.1, 0.15) is 5.75 Å². The van der Waals surface area contributed by atoms with Crippen LogP contribution in [0.1, 0.15) is 38.9 Å². The van der Waals surface area contributed by atoms with E-state index in [1.54, 1.807) is 7.11 Å². The average molecular weight is 305 g/mol. The number of aliphatic hydroxyl groups excluding tert-OH is 1. The Hall–Kier alpha value is -1.10. The first kappa shape index (κ1) is 15.8. The van der Waals surface area contributed by atoms with Crippen LogP contribution in [0, 0.1) is 11.3 Å². The van der Waals surface area contributed by atoms with E-state index in [0.717, 1.165) is 24.3 Å². The molecule has 1 heterocycles. The summed E-state index contributed by atoms with van der Waals surface area (Å²) in [5.41, 5.74) is 1.05. The van der Waals surface area contributed by atoms with Gasteiger partial charge >= 0.3 is 0 Å². The zero-order chi connectivity index (χ0) is 15.9. The summed E-state index contributed by atoms with van der Waals surface area (Å²) >= 11 is 0. The highest BCUT2D eigenvalue weighted by Gasteiger charge is 2.59. The van der Waals surface area contributed by atoms with Crippen LogP contribution in [0.4, 0.5) is 0 Å². The van der Waals surface area contributed by atoms with E-state index in [1.165, 1.54) is 0 Å². The summed E-state index contributed by atoms with van der Waals surface area (Å²) in [5.74, 6) is 1.39. The quantitative estimate of drug-likeness (QED) is 0.878. The smallest absolute Gasteiger partial charge is 0.118 e. The van der Waals surface area contributed by atoms with E-state index < -0.39 is 6.10 Å². The molecule has 0 spiro atoms. The minimum atomic E-state index is -0.525. The SMILES string of the molecule is COc1ccc(C(O)C(C)NC2C3CCOC3C2(C)C)cc1. The predicted molar refractivity (Wildman–Crippen MR) is 86.0 cm³/mol. The number of nitrogens with one attached hydrogen (secondary N) is 1. The molecular weight excluding hydrogens is 278 g/mol. The summed E-state index contributed by atoms with van der Waals surface area (Å²) in [6, 6.07) is 8.03. The molecule has 4 heteroatoms. The largest absolute Gasteiger partial charge is 0.497 e. The van der Waals surface area contributed by atoms with Crippen LogP contribution >= 0.6 is 0 Å². The number of aliphatic hydroxyl groups is 1. The van der Waals surface area contributed by atoms with E-state index in [2.05, 4.69) is 19.2 Å². The van der Waals surface area contributed by atoms with Crippen molar-refractivity contribution in [2.75, 3.05) is 13.7 Å². The molecule has 22 heavy (non-hydrogen) atoms. The van der Waals surface area contributed by atoms with Gasteiger partial charge in [0.05, 0.1) is 19.3 Å². The van der Waals surface area contributed by atoms with Gasteiger partial charge in [0.15, 0.2) is 0 Å². The van der Waals surface area contributed by atoms with Gasteiger partial charge in [-0.2, -0.15) is 0 Å². The molecule has 2 fully saturated rings. The van der Waals surface area contributed by atoms with Crippen molar-refractivity contribution in [2.45, 2.75) is 51.5 Å². The first-order valence-electron chi connectivity index (χ1n) is 8.15. The second-order valence-corrected chi connectivity index (χ2v) is 7.22. The Labute approximate surface area is 132 Å². The number of hydrogen-bond acceptors (Lipinski definition) is 4. The number of methoxy groups -OCH3 is 1. The maximum atomic E-state index is 10.6. The topological polar surface area (TPSA) is 50.7 Å². The van der Waals surface area contributed by atoms with E-state index in [1.807, 2.05) is 31.2 Å². The summed E-state index contributed by atoms with van der Waals surface area (Å²) in [4.78, 5) is 0. The van der Waals surface area contributed by atoms with Crippen LogP contribution in [-0.4, -0.2) is 37.0 Å². The molecule has 1 aromatic rings. The molecule has 0 amide bonds. The third-order valence-electron chi connectivity index (χ3n) is 5.47. The fourth-order valence-electron chi connectivity index (χ4n) is 4.13. The highest BCUT2D eigenvalue weighted by molar-refractivity contribution is 5.29. The summed E-state index contributed by atoms with van der Waals surface area (Å²) in [6.07, 6.45) is 0.968. The third kappa shape index (κ3) is 2.53.